The summed E-state index contributed by atoms with van der Waals surface area (Å²) in [5, 5.41) is 0.329. The summed E-state index contributed by atoms with van der Waals surface area (Å²) in [5.74, 6) is 0.0405. The Bertz CT molecular complexity index is 450. The number of fused-ring (bicyclic) bond motifs is 1. The van der Waals surface area contributed by atoms with Gasteiger partial charge in [0.15, 0.2) is 5.78 Å². The zero-order valence-corrected chi connectivity index (χ0v) is 8.36. The Balaban J connectivity index is 2.64. The summed E-state index contributed by atoms with van der Waals surface area (Å²) in [6.07, 6.45) is 3.43. The molecule has 0 atom stereocenters. The van der Waals surface area contributed by atoms with E-state index < -0.39 is 0 Å². The molecule has 3 nitrogen and oxygen atoms in total. The molecule has 0 radical (unpaired) electrons. The van der Waals surface area contributed by atoms with Gasteiger partial charge in [-0.05, 0) is 12.1 Å². The monoisotopic (exact) mass is 238 g/mol. The van der Waals surface area contributed by atoms with E-state index in [2.05, 4.69) is 20.9 Å². The van der Waals surface area contributed by atoms with Crippen LogP contribution in [0.3, 0.4) is 0 Å². The number of alkyl halides is 1. The lowest BCUT2D eigenvalue weighted by Crippen LogP contribution is -2.03. The van der Waals surface area contributed by atoms with Crippen LogP contribution in [0.2, 0.25) is 0 Å². The first-order valence-corrected chi connectivity index (χ1v) is 4.96. The Morgan fingerprint density at radius 1 is 1.54 bits per heavy atom. The quantitative estimate of drug-likeness (QED) is 0.592. The summed E-state index contributed by atoms with van der Waals surface area (Å²) in [6, 6.07) is 5.63. The maximum atomic E-state index is 11.4. The highest BCUT2D eigenvalue weighted by atomic mass is 79.9. The van der Waals surface area contributed by atoms with Gasteiger partial charge in [-0.25, -0.2) is 4.98 Å². The average molecular weight is 239 g/mol. The second-order valence-electron chi connectivity index (χ2n) is 2.63. The Morgan fingerprint density at radius 2 is 2.38 bits per heavy atom. The first kappa shape index (κ1) is 8.44. The number of hydrogen-bond donors (Lipinski definition) is 0. The van der Waals surface area contributed by atoms with Gasteiger partial charge in [0.25, 0.3) is 0 Å². The largest absolute Gasteiger partial charge is 0.297 e. The topological polar surface area (TPSA) is 34.4 Å². The van der Waals surface area contributed by atoms with Gasteiger partial charge in [-0.2, -0.15) is 0 Å². The maximum Gasteiger partial charge on any atom is 0.191 e. The fourth-order valence-electron chi connectivity index (χ4n) is 1.21. The maximum absolute atomic E-state index is 11.4. The standard InChI is InChI=1S/C9H7BrN2O/c10-5-8(13)7-6-11-9-3-1-2-4-12(7)9/h1-4,6H,5H2. The molecule has 0 saturated heterocycles. The summed E-state index contributed by atoms with van der Waals surface area (Å²) in [6.45, 7) is 0. The molecule has 0 fully saturated rings. The molecule has 66 valence electrons. The van der Waals surface area contributed by atoms with Crippen molar-refractivity contribution < 1.29 is 4.79 Å². The van der Waals surface area contributed by atoms with Crippen molar-refractivity contribution in [3.8, 4) is 0 Å². The molecular formula is C9H7BrN2O. The number of nitrogens with zero attached hydrogens (tertiary/aromatic N) is 2. The number of halogens is 1. The third kappa shape index (κ3) is 1.37. The number of hydrogen-bond acceptors (Lipinski definition) is 2. The second kappa shape index (κ2) is 3.30. The third-order valence-electron chi connectivity index (χ3n) is 1.82. The smallest absolute Gasteiger partial charge is 0.191 e. The average Bonchev–Trinajstić information content (AvgIpc) is 2.60. The van der Waals surface area contributed by atoms with Gasteiger partial charge < -0.3 is 0 Å². The molecule has 0 aromatic carbocycles. The molecule has 4 heteroatoms. The van der Waals surface area contributed by atoms with Gasteiger partial charge in [0.1, 0.15) is 11.3 Å². The normalized spacial score (nSPS) is 10.5. The van der Waals surface area contributed by atoms with Crippen molar-refractivity contribution in [1.29, 1.82) is 0 Å². The first-order valence-electron chi connectivity index (χ1n) is 3.84. The molecule has 0 saturated carbocycles. The van der Waals surface area contributed by atoms with E-state index >= 15 is 0 Å². The van der Waals surface area contributed by atoms with Gasteiger partial charge in [-0.15, -0.1) is 0 Å². The Hall–Kier alpha value is -1.16. The number of pyridine rings is 1. The van der Waals surface area contributed by atoms with Crippen LogP contribution in [0.25, 0.3) is 5.65 Å². The minimum atomic E-state index is 0.0405. The molecule has 0 aliphatic heterocycles. The first-order chi connectivity index (χ1) is 6.33. The highest BCUT2D eigenvalue weighted by molar-refractivity contribution is 9.09. The van der Waals surface area contributed by atoms with Gasteiger partial charge in [0.2, 0.25) is 0 Å². The number of aromatic nitrogens is 2. The number of Topliss-reactive ketones (excluding diaryl/α,β-unsaturated/α-hetero) is 1. The molecule has 0 aliphatic carbocycles. The van der Waals surface area contributed by atoms with E-state index in [0.29, 0.717) is 11.0 Å². The minimum absolute atomic E-state index is 0.0405. The molecule has 0 unspecified atom stereocenters. The lowest BCUT2D eigenvalue weighted by Gasteiger charge is -1.96. The summed E-state index contributed by atoms with van der Waals surface area (Å²) < 4.78 is 1.78. The van der Waals surface area contributed by atoms with E-state index in [1.165, 1.54) is 0 Å². The number of carbonyl (C=O) groups excluding carboxylic acids is 1. The molecule has 2 rings (SSSR count). The summed E-state index contributed by atoms with van der Waals surface area (Å²) in [4.78, 5) is 15.5. The lowest BCUT2D eigenvalue weighted by atomic mass is 10.3. The van der Waals surface area contributed by atoms with Crippen LogP contribution in [-0.4, -0.2) is 20.5 Å². The van der Waals surface area contributed by atoms with Crippen LogP contribution in [0.5, 0.6) is 0 Å². The van der Waals surface area contributed by atoms with Crippen LogP contribution in [-0.2, 0) is 0 Å². The van der Waals surface area contributed by atoms with Crippen molar-refractivity contribution in [2.24, 2.45) is 0 Å². The molecular weight excluding hydrogens is 232 g/mol. The number of imidazole rings is 1. The Morgan fingerprint density at radius 3 is 3.15 bits per heavy atom. The van der Waals surface area contributed by atoms with Gasteiger partial charge in [0.05, 0.1) is 11.5 Å². The Kier molecular flexibility index (Phi) is 2.14. The Labute approximate surface area is 83.5 Å². The van der Waals surface area contributed by atoms with E-state index in [0.717, 1.165) is 5.65 Å². The van der Waals surface area contributed by atoms with Crippen molar-refractivity contribution in [3.05, 3.63) is 36.3 Å². The lowest BCUT2D eigenvalue weighted by molar-refractivity contribution is 0.101. The van der Waals surface area contributed by atoms with E-state index in [1.54, 1.807) is 10.6 Å². The molecule has 13 heavy (non-hydrogen) atoms. The zero-order chi connectivity index (χ0) is 9.26. The van der Waals surface area contributed by atoms with Crippen molar-refractivity contribution in [2.45, 2.75) is 0 Å². The molecule has 2 aromatic rings. The van der Waals surface area contributed by atoms with Gasteiger partial charge >= 0.3 is 0 Å². The van der Waals surface area contributed by atoms with Crippen LogP contribution < -0.4 is 0 Å². The van der Waals surface area contributed by atoms with Crippen LogP contribution in [0.15, 0.2) is 30.6 Å². The molecule has 2 aromatic heterocycles. The zero-order valence-electron chi connectivity index (χ0n) is 6.77. The molecule has 2 heterocycles. The van der Waals surface area contributed by atoms with Crippen LogP contribution >= 0.6 is 15.9 Å². The van der Waals surface area contributed by atoms with Crippen molar-refractivity contribution in [3.63, 3.8) is 0 Å². The summed E-state index contributed by atoms with van der Waals surface area (Å²) in [7, 11) is 0. The van der Waals surface area contributed by atoms with Crippen LogP contribution in [0, 0.1) is 0 Å². The second-order valence-corrected chi connectivity index (χ2v) is 3.19. The van der Waals surface area contributed by atoms with Gasteiger partial charge in [0, 0.05) is 6.20 Å². The van der Waals surface area contributed by atoms with E-state index in [4.69, 9.17) is 0 Å². The van der Waals surface area contributed by atoms with Crippen molar-refractivity contribution in [2.75, 3.05) is 5.33 Å². The van der Waals surface area contributed by atoms with Crippen LogP contribution in [0.4, 0.5) is 0 Å². The predicted molar refractivity (Wildman–Crippen MR) is 53.3 cm³/mol. The SMILES string of the molecule is O=C(CBr)c1cnc2ccccn12. The van der Waals surface area contributed by atoms with Gasteiger partial charge in [-0.1, -0.05) is 22.0 Å². The van der Waals surface area contributed by atoms with E-state index in [1.807, 2.05) is 24.4 Å². The van der Waals surface area contributed by atoms with E-state index in [9.17, 15) is 4.79 Å². The highest BCUT2D eigenvalue weighted by Crippen LogP contribution is 2.07. The fourth-order valence-corrected chi connectivity index (χ4v) is 1.49. The minimum Gasteiger partial charge on any atom is -0.297 e. The molecule has 0 N–H and O–H groups in total. The predicted octanol–water partition coefficient (Wildman–Crippen LogP) is 1.91. The van der Waals surface area contributed by atoms with Gasteiger partial charge in [-0.3, -0.25) is 9.20 Å². The van der Waals surface area contributed by atoms with Crippen LogP contribution in [0.1, 0.15) is 10.5 Å². The third-order valence-corrected chi connectivity index (χ3v) is 2.33. The van der Waals surface area contributed by atoms with Crippen molar-refractivity contribution in [1.82, 2.24) is 9.38 Å². The fraction of sp³-hybridized carbons (Fsp3) is 0.111. The highest BCUT2D eigenvalue weighted by Gasteiger charge is 2.09. The van der Waals surface area contributed by atoms with E-state index in [-0.39, 0.29) is 5.78 Å². The molecule has 0 aliphatic rings. The number of carbonyl (C=O) groups is 1. The number of ketones is 1. The summed E-state index contributed by atoms with van der Waals surface area (Å²) >= 11 is 3.13. The van der Waals surface area contributed by atoms with Crippen molar-refractivity contribution >= 4 is 27.4 Å². The molecule has 0 bridgehead atoms. The number of rotatable bonds is 2. The summed E-state index contributed by atoms with van der Waals surface area (Å²) in [5.41, 5.74) is 1.42. The molecule has 0 spiro atoms. The molecule has 0 amide bonds.